The van der Waals surface area contributed by atoms with Gasteiger partial charge in [0, 0.05) is 17.7 Å². The first-order valence-electron chi connectivity index (χ1n) is 7.55. The van der Waals surface area contributed by atoms with Crippen LogP contribution in [0.3, 0.4) is 0 Å². The molecule has 0 bridgehead atoms. The topological polar surface area (TPSA) is 156 Å². The fourth-order valence-electron chi connectivity index (χ4n) is 2.61. The molecular weight excluding hydrogens is 396 g/mol. The minimum Gasteiger partial charge on any atom is -0.716 e. The first-order valence-corrected chi connectivity index (χ1v) is 8.88. The van der Waals surface area contributed by atoms with Gasteiger partial charge in [0.05, 0.1) is 14.2 Å². The molecule has 0 amide bonds. The number of methoxy groups -OCH3 is 2. The monoisotopic (exact) mass is 410 g/mol. The first kappa shape index (κ1) is 19.3. The molecule has 1 heterocycles. The number of rotatable bonds is 5. The van der Waals surface area contributed by atoms with E-state index in [-0.39, 0.29) is 18.3 Å². The smallest absolute Gasteiger partial charge is 0.716 e. The highest BCUT2D eigenvalue weighted by molar-refractivity contribution is 7.81. The van der Waals surface area contributed by atoms with Crippen molar-refractivity contribution in [2.24, 2.45) is 0 Å². The van der Waals surface area contributed by atoms with E-state index in [4.69, 9.17) is 13.9 Å². The predicted octanol–water partition coefficient (Wildman–Crippen LogP) is 1.84. The van der Waals surface area contributed by atoms with Gasteiger partial charge in [-0.05, 0) is 18.2 Å². The van der Waals surface area contributed by atoms with Crippen molar-refractivity contribution in [3.05, 3.63) is 40.6 Å². The lowest BCUT2D eigenvalue weighted by molar-refractivity contribution is 0.355. The van der Waals surface area contributed by atoms with Gasteiger partial charge in [-0.15, -0.1) is 0 Å². The molecule has 0 aliphatic rings. The second-order valence-electron chi connectivity index (χ2n) is 5.49. The third-order valence-electron chi connectivity index (χ3n) is 3.75. The zero-order valence-corrected chi connectivity index (χ0v) is 15.3. The van der Waals surface area contributed by atoms with Gasteiger partial charge in [0.15, 0.2) is 17.3 Å². The van der Waals surface area contributed by atoms with Gasteiger partial charge < -0.3 is 32.8 Å². The number of benzene rings is 2. The Labute approximate surface area is 159 Å². The Kier molecular flexibility index (Phi) is 4.79. The summed E-state index contributed by atoms with van der Waals surface area (Å²) in [6.45, 7) is 0. The van der Waals surface area contributed by atoms with E-state index >= 15 is 0 Å². The quantitative estimate of drug-likeness (QED) is 0.470. The van der Waals surface area contributed by atoms with Crippen LogP contribution in [0.1, 0.15) is 1.43 Å². The Bertz CT molecular complexity index is 1230. The molecule has 148 valence electrons. The highest BCUT2D eigenvalue weighted by Crippen LogP contribution is 2.39. The molecule has 0 atom stereocenters. The number of hydrogen-bond acceptors (Lipinski definition) is 10. The van der Waals surface area contributed by atoms with Crippen LogP contribution in [0, 0.1) is 0 Å². The normalized spacial score (nSPS) is 11.4. The molecule has 11 heteroatoms. The van der Waals surface area contributed by atoms with Crippen LogP contribution in [0.15, 0.2) is 39.5 Å². The van der Waals surface area contributed by atoms with Gasteiger partial charge in [-0.2, -0.15) is 0 Å². The summed E-state index contributed by atoms with van der Waals surface area (Å²) in [5, 5.41) is 19.1. The summed E-state index contributed by atoms with van der Waals surface area (Å²) in [4.78, 5) is 12.7. The van der Waals surface area contributed by atoms with Crippen LogP contribution in [0.5, 0.6) is 28.7 Å². The summed E-state index contributed by atoms with van der Waals surface area (Å²) in [5.41, 5.74) is -1.27. The molecule has 0 aliphatic carbocycles. The summed E-state index contributed by atoms with van der Waals surface area (Å²) >= 11 is 0. The van der Waals surface area contributed by atoms with Crippen LogP contribution >= 0.6 is 0 Å². The number of hydrogen-bond donors (Lipinski definition) is 2. The maximum Gasteiger partial charge on any atom is 1.00 e. The number of phenols is 2. The molecular formula is C17H14O10S. The third-order valence-corrected chi connectivity index (χ3v) is 4.12. The van der Waals surface area contributed by atoms with Crippen LogP contribution in [-0.4, -0.2) is 37.4 Å². The molecule has 0 unspecified atom stereocenters. The Balaban J connectivity index is 0.00000300. The van der Waals surface area contributed by atoms with Crippen molar-refractivity contribution in [3.8, 4) is 40.1 Å². The van der Waals surface area contributed by atoms with Crippen LogP contribution in [0.25, 0.3) is 22.3 Å². The second-order valence-corrected chi connectivity index (χ2v) is 6.47. The number of phenolic OH excluding ortho intramolecular Hbond substituents is 2. The van der Waals surface area contributed by atoms with Gasteiger partial charge >= 0.3 is 1.43 Å². The van der Waals surface area contributed by atoms with Crippen LogP contribution in [0.4, 0.5) is 0 Å². The second kappa shape index (κ2) is 6.94. The summed E-state index contributed by atoms with van der Waals surface area (Å²) < 4.78 is 53.4. The van der Waals surface area contributed by atoms with Crippen molar-refractivity contribution in [1.29, 1.82) is 0 Å². The van der Waals surface area contributed by atoms with E-state index in [9.17, 15) is 28.0 Å². The molecule has 0 saturated carbocycles. The predicted molar refractivity (Wildman–Crippen MR) is 95.8 cm³/mol. The molecule has 0 saturated heterocycles. The van der Waals surface area contributed by atoms with Crippen LogP contribution < -0.4 is 19.1 Å². The fraction of sp³-hybridized carbons (Fsp3) is 0.118. The van der Waals surface area contributed by atoms with Gasteiger partial charge in [0.25, 0.3) is 10.4 Å². The first-order chi connectivity index (χ1) is 13.1. The zero-order chi connectivity index (χ0) is 20.6. The Morgan fingerprint density at radius 2 is 1.75 bits per heavy atom. The number of aromatic hydroxyl groups is 2. The fourth-order valence-corrected chi connectivity index (χ4v) is 2.97. The highest BCUT2D eigenvalue weighted by Gasteiger charge is 2.23. The van der Waals surface area contributed by atoms with Gasteiger partial charge in [-0.25, -0.2) is 8.42 Å². The number of fused-ring (bicyclic) bond motifs is 1. The van der Waals surface area contributed by atoms with E-state index in [0.717, 1.165) is 12.1 Å². The summed E-state index contributed by atoms with van der Waals surface area (Å²) in [5.74, 6) is -1.91. The Morgan fingerprint density at radius 3 is 2.36 bits per heavy atom. The van der Waals surface area contributed by atoms with E-state index in [1.54, 1.807) is 0 Å². The minimum absolute atomic E-state index is 0. The van der Waals surface area contributed by atoms with Crippen molar-refractivity contribution in [2.45, 2.75) is 0 Å². The standard InChI is InChI=1S/C17H14O10S/c1-24-11-4-3-8(5-12(11)25-2)16-17(27-28(21,22)23)15(20)14-10(19)6-9(18)7-13(14)26-16/h3-7,18-19H,1-2H3,(H,21,22,23). The lowest BCUT2D eigenvalue weighted by Gasteiger charge is -2.15. The molecule has 1 aromatic heterocycles. The largest absolute Gasteiger partial charge is 1.00 e. The third kappa shape index (κ3) is 3.52. The SMILES string of the molecule is COc1ccc(-c2oc3cc(O)cc(O)c3c(=O)c2OS(=O)(=O)[O-])cc1OC.[H+]. The molecule has 0 aliphatic heterocycles. The Morgan fingerprint density at radius 1 is 1.07 bits per heavy atom. The Hall–Kier alpha value is -3.44. The van der Waals surface area contributed by atoms with Gasteiger partial charge in [0.2, 0.25) is 11.2 Å². The van der Waals surface area contributed by atoms with Crippen molar-refractivity contribution in [1.82, 2.24) is 0 Å². The average molecular weight is 410 g/mol. The average Bonchev–Trinajstić information content (AvgIpc) is 2.61. The number of ether oxygens (including phenoxy) is 2. The molecule has 0 fully saturated rings. The highest BCUT2D eigenvalue weighted by atomic mass is 32.3. The van der Waals surface area contributed by atoms with Crippen molar-refractivity contribution < 1.29 is 42.7 Å². The molecule has 28 heavy (non-hydrogen) atoms. The maximum absolute atomic E-state index is 12.7. The van der Waals surface area contributed by atoms with Gasteiger partial charge in [-0.1, -0.05) is 0 Å². The van der Waals surface area contributed by atoms with Crippen molar-refractivity contribution >= 4 is 21.4 Å². The molecule has 2 aromatic carbocycles. The van der Waals surface area contributed by atoms with E-state index in [0.29, 0.717) is 5.75 Å². The van der Waals surface area contributed by atoms with E-state index < -0.39 is 44.2 Å². The van der Waals surface area contributed by atoms with Crippen LogP contribution in [-0.2, 0) is 10.4 Å². The molecule has 3 rings (SSSR count). The van der Waals surface area contributed by atoms with E-state index in [2.05, 4.69) is 4.18 Å². The summed E-state index contributed by atoms with van der Waals surface area (Å²) in [6, 6.07) is 6.10. The minimum atomic E-state index is -5.35. The van der Waals surface area contributed by atoms with Crippen molar-refractivity contribution in [3.63, 3.8) is 0 Å². The van der Waals surface area contributed by atoms with Crippen molar-refractivity contribution in [2.75, 3.05) is 14.2 Å². The van der Waals surface area contributed by atoms with Gasteiger partial charge in [-0.3, -0.25) is 4.79 Å². The summed E-state index contributed by atoms with van der Waals surface area (Å²) in [7, 11) is -2.59. The molecule has 10 nitrogen and oxygen atoms in total. The molecule has 0 spiro atoms. The molecule has 0 radical (unpaired) electrons. The van der Waals surface area contributed by atoms with E-state index in [1.165, 1.54) is 32.4 Å². The van der Waals surface area contributed by atoms with E-state index in [1.807, 2.05) is 0 Å². The van der Waals surface area contributed by atoms with Gasteiger partial charge in [0.1, 0.15) is 22.5 Å². The lowest BCUT2D eigenvalue weighted by atomic mass is 10.1. The maximum atomic E-state index is 12.7. The lowest BCUT2D eigenvalue weighted by Crippen LogP contribution is -2.16. The van der Waals surface area contributed by atoms with Crippen LogP contribution in [0.2, 0.25) is 0 Å². The molecule has 2 N–H and O–H groups in total. The zero-order valence-electron chi connectivity index (χ0n) is 15.5. The molecule has 3 aromatic rings. The summed E-state index contributed by atoms with van der Waals surface area (Å²) in [6.07, 6.45) is 0.